The lowest BCUT2D eigenvalue weighted by atomic mass is 10.3. The largest absolute Gasteiger partial charge is 0.329 e. The molecule has 0 aliphatic rings. The minimum atomic E-state index is -0.682. The third-order valence-electron chi connectivity index (χ3n) is 1.57. The molecule has 1 aromatic rings. The first-order valence-electron chi connectivity index (χ1n) is 4.25. The van der Waals surface area contributed by atoms with Crippen LogP contribution < -0.4 is 16.1 Å². The fourth-order valence-electron chi connectivity index (χ4n) is 0.897. The highest BCUT2D eigenvalue weighted by Crippen LogP contribution is 2.03. The van der Waals surface area contributed by atoms with Crippen molar-refractivity contribution in [2.45, 2.75) is 0 Å². The first-order chi connectivity index (χ1) is 7.22. The van der Waals surface area contributed by atoms with Crippen LogP contribution in [0.5, 0.6) is 0 Å². The second-order valence-corrected chi connectivity index (χ2v) is 2.71. The van der Waals surface area contributed by atoms with E-state index in [9.17, 15) is 9.59 Å². The first-order valence-corrected chi connectivity index (χ1v) is 4.25. The molecule has 0 aromatic heterocycles. The van der Waals surface area contributed by atoms with Crippen LogP contribution in [0.15, 0.2) is 30.3 Å². The molecule has 0 saturated carbocycles. The van der Waals surface area contributed by atoms with E-state index in [2.05, 4.69) is 10.6 Å². The molecule has 0 unspecified atom stereocenters. The standard InChI is InChI=1S/C9H11N3O3/c13-8(12-15)6-10-9(14)11-7-4-2-1-3-5-7/h1-5,15H,6H2,(H,12,13)(H2,10,11,14). The number of anilines is 1. The van der Waals surface area contributed by atoms with Crippen molar-refractivity contribution in [3.8, 4) is 0 Å². The van der Waals surface area contributed by atoms with Gasteiger partial charge in [-0.3, -0.25) is 10.0 Å². The van der Waals surface area contributed by atoms with Crippen molar-refractivity contribution in [3.63, 3.8) is 0 Å². The van der Waals surface area contributed by atoms with E-state index in [1.165, 1.54) is 5.48 Å². The van der Waals surface area contributed by atoms with Crippen LogP contribution in [-0.4, -0.2) is 23.7 Å². The number of urea groups is 1. The number of nitrogens with one attached hydrogen (secondary N) is 3. The molecule has 6 heteroatoms. The maximum atomic E-state index is 11.1. The van der Waals surface area contributed by atoms with Crippen molar-refractivity contribution in [2.24, 2.45) is 0 Å². The maximum Gasteiger partial charge on any atom is 0.319 e. The fourth-order valence-corrected chi connectivity index (χ4v) is 0.897. The van der Waals surface area contributed by atoms with Crippen LogP contribution >= 0.6 is 0 Å². The first kappa shape index (κ1) is 11.0. The van der Waals surface area contributed by atoms with E-state index >= 15 is 0 Å². The van der Waals surface area contributed by atoms with Crippen molar-refractivity contribution in [2.75, 3.05) is 11.9 Å². The van der Waals surface area contributed by atoms with E-state index in [1.807, 2.05) is 6.07 Å². The second-order valence-electron chi connectivity index (χ2n) is 2.71. The van der Waals surface area contributed by atoms with Gasteiger partial charge in [0, 0.05) is 5.69 Å². The molecule has 3 amide bonds. The van der Waals surface area contributed by atoms with Crippen molar-refractivity contribution in [3.05, 3.63) is 30.3 Å². The molecule has 6 nitrogen and oxygen atoms in total. The molecule has 1 rings (SSSR count). The van der Waals surface area contributed by atoms with Gasteiger partial charge in [-0.15, -0.1) is 0 Å². The smallest absolute Gasteiger partial charge is 0.319 e. The van der Waals surface area contributed by atoms with Crippen LogP contribution in [0.25, 0.3) is 0 Å². The van der Waals surface area contributed by atoms with Crippen molar-refractivity contribution in [1.82, 2.24) is 10.8 Å². The number of hydroxylamine groups is 1. The normalized spacial score (nSPS) is 9.13. The molecular weight excluding hydrogens is 198 g/mol. The SMILES string of the molecule is O=C(CNC(=O)Nc1ccccc1)NO. The van der Waals surface area contributed by atoms with Gasteiger partial charge in [-0.1, -0.05) is 18.2 Å². The quantitative estimate of drug-likeness (QED) is 0.426. The Morgan fingerprint density at radius 2 is 1.87 bits per heavy atom. The molecule has 15 heavy (non-hydrogen) atoms. The van der Waals surface area contributed by atoms with E-state index in [0.29, 0.717) is 5.69 Å². The number of benzene rings is 1. The summed E-state index contributed by atoms with van der Waals surface area (Å²) in [5.74, 6) is -0.682. The van der Waals surface area contributed by atoms with Crippen LogP contribution in [0.3, 0.4) is 0 Å². The van der Waals surface area contributed by atoms with Gasteiger partial charge in [0.15, 0.2) is 0 Å². The molecule has 0 spiro atoms. The number of hydrogen-bond acceptors (Lipinski definition) is 3. The second kappa shape index (κ2) is 5.61. The van der Waals surface area contributed by atoms with Crippen molar-refractivity contribution in [1.29, 1.82) is 0 Å². The Morgan fingerprint density at radius 3 is 2.47 bits per heavy atom. The van der Waals surface area contributed by atoms with Gasteiger partial charge in [-0.25, -0.2) is 10.3 Å². The van der Waals surface area contributed by atoms with Crippen LogP contribution in [0.1, 0.15) is 0 Å². The number of hydrogen-bond donors (Lipinski definition) is 4. The Hall–Kier alpha value is -2.08. The van der Waals surface area contributed by atoms with Crippen molar-refractivity contribution >= 4 is 17.6 Å². The molecule has 80 valence electrons. The van der Waals surface area contributed by atoms with E-state index in [0.717, 1.165) is 0 Å². The number of rotatable bonds is 3. The Bertz CT molecular complexity index is 340. The number of carbonyl (C=O) groups is 2. The van der Waals surface area contributed by atoms with Gasteiger partial charge in [0.25, 0.3) is 5.91 Å². The summed E-state index contributed by atoms with van der Waals surface area (Å²) >= 11 is 0. The molecule has 0 atom stereocenters. The highest BCUT2D eigenvalue weighted by atomic mass is 16.5. The van der Waals surface area contributed by atoms with E-state index in [-0.39, 0.29) is 6.54 Å². The summed E-state index contributed by atoms with van der Waals surface area (Å²) in [7, 11) is 0. The highest BCUT2D eigenvalue weighted by Gasteiger charge is 2.03. The summed E-state index contributed by atoms with van der Waals surface area (Å²) in [6.07, 6.45) is 0. The predicted octanol–water partition coefficient (Wildman–Crippen LogP) is 0.313. The summed E-state index contributed by atoms with van der Waals surface area (Å²) in [5.41, 5.74) is 2.03. The average Bonchev–Trinajstić information content (AvgIpc) is 2.27. The zero-order valence-electron chi connectivity index (χ0n) is 7.86. The summed E-state index contributed by atoms with van der Waals surface area (Å²) in [6.45, 7) is -0.283. The number of carbonyl (C=O) groups excluding carboxylic acids is 2. The van der Waals surface area contributed by atoms with Gasteiger partial charge in [0.1, 0.15) is 6.54 Å². The summed E-state index contributed by atoms with van der Waals surface area (Å²) in [4.78, 5) is 21.7. The van der Waals surface area contributed by atoms with Crippen LogP contribution in [0, 0.1) is 0 Å². The molecule has 1 aromatic carbocycles. The predicted molar refractivity (Wildman–Crippen MR) is 53.4 cm³/mol. The Morgan fingerprint density at radius 1 is 1.20 bits per heavy atom. The molecule has 0 saturated heterocycles. The molecule has 4 N–H and O–H groups in total. The summed E-state index contributed by atoms with van der Waals surface area (Å²) in [5, 5.41) is 12.9. The lowest BCUT2D eigenvalue weighted by Gasteiger charge is -2.05. The van der Waals surface area contributed by atoms with E-state index in [4.69, 9.17) is 5.21 Å². The monoisotopic (exact) mass is 209 g/mol. The van der Waals surface area contributed by atoms with Gasteiger partial charge in [-0.2, -0.15) is 0 Å². The highest BCUT2D eigenvalue weighted by molar-refractivity contribution is 5.91. The fraction of sp³-hybridized carbons (Fsp3) is 0.111. The van der Waals surface area contributed by atoms with Crippen LogP contribution in [0.2, 0.25) is 0 Å². The maximum absolute atomic E-state index is 11.1. The van der Waals surface area contributed by atoms with Crippen molar-refractivity contribution < 1.29 is 14.8 Å². The molecule has 0 aliphatic carbocycles. The Labute approximate surface area is 86.2 Å². The lowest BCUT2D eigenvalue weighted by Crippen LogP contribution is -2.37. The zero-order valence-corrected chi connectivity index (χ0v) is 7.86. The summed E-state index contributed by atoms with van der Waals surface area (Å²) < 4.78 is 0. The third kappa shape index (κ3) is 4.10. The van der Waals surface area contributed by atoms with Gasteiger partial charge >= 0.3 is 6.03 Å². The summed E-state index contributed by atoms with van der Waals surface area (Å²) in [6, 6.07) is 8.29. The lowest BCUT2D eigenvalue weighted by molar-refractivity contribution is -0.128. The molecular formula is C9H11N3O3. The Kier molecular flexibility index (Phi) is 4.11. The van der Waals surface area contributed by atoms with E-state index < -0.39 is 11.9 Å². The number of amides is 3. The topological polar surface area (TPSA) is 90.5 Å². The zero-order chi connectivity index (χ0) is 11.1. The van der Waals surface area contributed by atoms with Crippen LogP contribution in [0.4, 0.5) is 10.5 Å². The minimum Gasteiger partial charge on any atom is -0.329 e. The van der Waals surface area contributed by atoms with Gasteiger partial charge in [0.05, 0.1) is 0 Å². The Balaban J connectivity index is 2.34. The molecule has 0 bridgehead atoms. The van der Waals surface area contributed by atoms with Gasteiger partial charge < -0.3 is 10.6 Å². The molecule has 0 radical (unpaired) electrons. The van der Waals surface area contributed by atoms with E-state index in [1.54, 1.807) is 24.3 Å². The number of para-hydroxylation sites is 1. The molecule has 0 heterocycles. The van der Waals surface area contributed by atoms with Gasteiger partial charge in [-0.05, 0) is 12.1 Å². The molecule has 0 aliphatic heterocycles. The molecule has 0 fully saturated rings. The average molecular weight is 209 g/mol. The van der Waals surface area contributed by atoms with Crippen LogP contribution in [-0.2, 0) is 4.79 Å². The third-order valence-corrected chi connectivity index (χ3v) is 1.57. The van der Waals surface area contributed by atoms with Gasteiger partial charge in [0.2, 0.25) is 0 Å². The minimum absolute atomic E-state index is 0.283.